The lowest BCUT2D eigenvalue weighted by atomic mass is 10.2. The van der Waals surface area contributed by atoms with Crippen molar-refractivity contribution in [2.75, 3.05) is 5.32 Å². The first-order valence-electron chi connectivity index (χ1n) is 4.76. The van der Waals surface area contributed by atoms with Crippen LogP contribution in [0, 0.1) is 0 Å². The van der Waals surface area contributed by atoms with E-state index in [0.717, 1.165) is 11.6 Å². The van der Waals surface area contributed by atoms with Crippen molar-refractivity contribution in [3.8, 4) is 0 Å². The zero-order chi connectivity index (χ0) is 12.7. The number of rotatable bonds is 3. The molecule has 0 aliphatic rings. The number of anilines is 1. The SMILES string of the molecule is CC(=O)Nc1cccc(/C=C/C(=O)N=[N+]=[N-])c1. The van der Waals surface area contributed by atoms with Crippen molar-refractivity contribution in [1.82, 2.24) is 0 Å². The third-order valence-corrected chi connectivity index (χ3v) is 1.77. The molecule has 2 amide bonds. The van der Waals surface area contributed by atoms with Gasteiger partial charge in [0.15, 0.2) is 0 Å². The second kappa shape index (κ2) is 6.09. The molecule has 86 valence electrons. The van der Waals surface area contributed by atoms with Crippen LogP contribution in [-0.4, -0.2) is 11.8 Å². The van der Waals surface area contributed by atoms with Crippen molar-refractivity contribution in [3.05, 3.63) is 46.3 Å². The molecule has 17 heavy (non-hydrogen) atoms. The van der Waals surface area contributed by atoms with Crippen molar-refractivity contribution in [2.45, 2.75) is 6.92 Å². The summed E-state index contributed by atoms with van der Waals surface area (Å²) in [6.07, 6.45) is 2.66. The van der Waals surface area contributed by atoms with Crippen molar-refractivity contribution < 1.29 is 9.59 Å². The molecule has 0 saturated heterocycles. The molecule has 0 heterocycles. The second-order valence-corrected chi connectivity index (χ2v) is 3.17. The fourth-order valence-electron chi connectivity index (χ4n) is 1.17. The van der Waals surface area contributed by atoms with Gasteiger partial charge in [0.25, 0.3) is 0 Å². The second-order valence-electron chi connectivity index (χ2n) is 3.17. The highest BCUT2D eigenvalue weighted by Gasteiger charge is 1.96. The van der Waals surface area contributed by atoms with Gasteiger partial charge in [0.2, 0.25) is 11.8 Å². The topological polar surface area (TPSA) is 94.9 Å². The molecule has 0 aromatic heterocycles. The summed E-state index contributed by atoms with van der Waals surface area (Å²) in [5.74, 6) is -0.839. The number of nitrogens with one attached hydrogen (secondary N) is 1. The van der Waals surface area contributed by atoms with Gasteiger partial charge in [0.05, 0.1) is 0 Å². The Morgan fingerprint density at radius 3 is 2.88 bits per heavy atom. The molecule has 0 aliphatic heterocycles. The predicted molar refractivity (Wildman–Crippen MR) is 63.9 cm³/mol. The quantitative estimate of drug-likeness (QED) is 0.373. The number of carbonyl (C=O) groups excluding carboxylic acids is 2. The van der Waals surface area contributed by atoms with Crippen LogP contribution >= 0.6 is 0 Å². The third kappa shape index (κ3) is 4.63. The first kappa shape index (κ1) is 12.5. The largest absolute Gasteiger partial charge is 0.326 e. The average molecular weight is 230 g/mol. The Kier molecular flexibility index (Phi) is 4.47. The number of carbonyl (C=O) groups is 2. The van der Waals surface area contributed by atoms with Crippen LogP contribution in [-0.2, 0) is 9.59 Å². The van der Waals surface area contributed by atoms with E-state index in [9.17, 15) is 9.59 Å². The summed E-state index contributed by atoms with van der Waals surface area (Å²) in [6.45, 7) is 1.41. The zero-order valence-electron chi connectivity index (χ0n) is 9.12. The van der Waals surface area contributed by atoms with Crippen molar-refractivity contribution in [1.29, 1.82) is 0 Å². The summed E-state index contributed by atoms with van der Waals surface area (Å²) in [6, 6.07) is 6.92. The molecule has 0 fully saturated rings. The van der Waals surface area contributed by atoms with Gasteiger partial charge < -0.3 is 5.32 Å². The summed E-state index contributed by atoms with van der Waals surface area (Å²) >= 11 is 0. The molecule has 1 rings (SSSR count). The van der Waals surface area contributed by atoms with E-state index in [2.05, 4.69) is 15.3 Å². The predicted octanol–water partition coefficient (Wildman–Crippen LogP) is 2.50. The lowest BCUT2D eigenvalue weighted by molar-refractivity contribution is -0.114. The molecule has 0 spiro atoms. The Labute approximate surface area is 97.6 Å². The summed E-state index contributed by atoms with van der Waals surface area (Å²) in [7, 11) is 0. The zero-order valence-corrected chi connectivity index (χ0v) is 9.12. The number of benzene rings is 1. The molecule has 1 N–H and O–H groups in total. The van der Waals surface area contributed by atoms with Crippen LogP contribution in [0.1, 0.15) is 12.5 Å². The molecular formula is C11H10N4O2. The average Bonchev–Trinajstić information content (AvgIpc) is 2.26. The van der Waals surface area contributed by atoms with Gasteiger partial charge in [-0.15, -0.1) is 0 Å². The Bertz CT molecular complexity index is 516. The number of amides is 2. The molecule has 0 radical (unpaired) electrons. The third-order valence-electron chi connectivity index (χ3n) is 1.77. The molecule has 6 nitrogen and oxygen atoms in total. The molecule has 0 saturated carbocycles. The van der Waals surface area contributed by atoms with Crippen LogP contribution < -0.4 is 5.32 Å². The van der Waals surface area contributed by atoms with E-state index in [0.29, 0.717) is 5.69 Å². The summed E-state index contributed by atoms with van der Waals surface area (Å²) in [5, 5.41) is 5.51. The highest BCUT2D eigenvalue weighted by Crippen LogP contribution is 2.11. The van der Waals surface area contributed by atoms with E-state index in [1.807, 2.05) is 0 Å². The maximum atomic E-state index is 10.9. The van der Waals surface area contributed by atoms with Gasteiger partial charge in [-0.05, 0) is 34.4 Å². The Morgan fingerprint density at radius 2 is 2.24 bits per heavy atom. The van der Waals surface area contributed by atoms with Gasteiger partial charge in [0.1, 0.15) is 0 Å². The van der Waals surface area contributed by atoms with E-state index in [-0.39, 0.29) is 5.91 Å². The van der Waals surface area contributed by atoms with E-state index in [1.54, 1.807) is 24.3 Å². The molecule has 1 aromatic carbocycles. The number of nitrogens with zero attached hydrogens (tertiary/aromatic N) is 3. The first-order valence-corrected chi connectivity index (χ1v) is 4.76. The fraction of sp³-hybridized carbons (Fsp3) is 0.0909. The normalized spacial score (nSPS) is 9.71. The number of azide groups is 1. The Morgan fingerprint density at radius 1 is 1.47 bits per heavy atom. The van der Waals surface area contributed by atoms with E-state index in [1.165, 1.54) is 13.0 Å². The molecule has 0 aliphatic carbocycles. The maximum absolute atomic E-state index is 10.9. The molecule has 6 heteroatoms. The smallest absolute Gasteiger partial charge is 0.242 e. The van der Waals surface area contributed by atoms with E-state index >= 15 is 0 Å². The van der Waals surface area contributed by atoms with Gasteiger partial charge >= 0.3 is 0 Å². The van der Waals surface area contributed by atoms with Gasteiger partial charge in [-0.1, -0.05) is 18.2 Å². The summed E-state index contributed by atoms with van der Waals surface area (Å²) in [4.78, 5) is 24.1. The van der Waals surface area contributed by atoms with Crippen LogP contribution in [0.5, 0.6) is 0 Å². The summed E-state index contributed by atoms with van der Waals surface area (Å²) in [5.41, 5.74) is 9.39. The minimum absolute atomic E-state index is 0.170. The van der Waals surface area contributed by atoms with Crippen LogP contribution in [0.3, 0.4) is 0 Å². The monoisotopic (exact) mass is 230 g/mol. The number of hydrogen-bond donors (Lipinski definition) is 1. The van der Waals surface area contributed by atoms with Crippen molar-refractivity contribution in [3.63, 3.8) is 0 Å². The summed E-state index contributed by atoms with van der Waals surface area (Å²) < 4.78 is 0. The van der Waals surface area contributed by atoms with Crippen LogP contribution in [0.2, 0.25) is 0 Å². The lowest BCUT2D eigenvalue weighted by Crippen LogP contribution is -2.05. The van der Waals surface area contributed by atoms with Crippen molar-refractivity contribution >= 4 is 23.6 Å². The Balaban J connectivity index is 2.81. The molecule has 1 aromatic rings. The maximum Gasteiger partial charge on any atom is 0.242 e. The molecule has 0 atom stereocenters. The lowest BCUT2D eigenvalue weighted by Gasteiger charge is -2.02. The van der Waals surface area contributed by atoms with Gasteiger partial charge in [0, 0.05) is 17.5 Å². The highest BCUT2D eigenvalue weighted by atomic mass is 16.2. The first-order chi connectivity index (χ1) is 8.11. The minimum Gasteiger partial charge on any atom is -0.326 e. The van der Waals surface area contributed by atoms with E-state index in [4.69, 9.17) is 5.53 Å². The van der Waals surface area contributed by atoms with Gasteiger partial charge in [-0.2, -0.15) is 0 Å². The molecule has 0 bridgehead atoms. The highest BCUT2D eigenvalue weighted by molar-refractivity contribution is 5.93. The molecular weight excluding hydrogens is 220 g/mol. The van der Waals surface area contributed by atoms with Gasteiger partial charge in [-0.3, -0.25) is 9.59 Å². The van der Waals surface area contributed by atoms with Crippen molar-refractivity contribution in [2.24, 2.45) is 5.11 Å². The Hall–Kier alpha value is -2.59. The fourth-order valence-corrected chi connectivity index (χ4v) is 1.17. The van der Waals surface area contributed by atoms with Crippen LogP contribution in [0.25, 0.3) is 16.5 Å². The van der Waals surface area contributed by atoms with Crippen LogP contribution in [0.4, 0.5) is 5.69 Å². The standard InChI is InChI=1S/C11H10N4O2/c1-8(16)13-10-4-2-3-9(7-10)5-6-11(17)14-15-12/h2-7H,1H3,(H,13,16)/b6-5+. The van der Waals surface area contributed by atoms with E-state index < -0.39 is 5.91 Å². The van der Waals surface area contributed by atoms with Gasteiger partial charge in [-0.25, -0.2) is 0 Å². The molecule has 0 unspecified atom stereocenters. The minimum atomic E-state index is -0.669. The van der Waals surface area contributed by atoms with Crippen LogP contribution in [0.15, 0.2) is 35.5 Å². The number of hydrogen-bond acceptors (Lipinski definition) is 2.